The van der Waals surface area contributed by atoms with E-state index in [2.05, 4.69) is 31.7 Å². The van der Waals surface area contributed by atoms with E-state index in [0.29, 0.717) is 38.4 Å². The van der Waals surface area contributed by atoms with Crippen molar-refractivity contribution in [3.05, 3.63) is 112 Å². The SMILES string of the molecule is [2H][C@@](Cc1cc(Cl)c2ncc(C#N)c(N[C@H](CCF)c3ccccc3)c2c1)(c1ccc(F)nc1)c1cn(C2CC2)nn1. The van der Waals surface area contributed by atoms with Crippen LogP contribution in [0.4, 0.5) is 14.5 Å². The van der Waals surface area contributed by atoms with Gasteiger partial charge in [0.25, 0.3) is 0 Å². The molecule has 10 heteroatoms. The zero-order valence-corrected chi connectivity index (χ0v) is 22.7. The Morgan fingerprint density at radius 1 is 1.12 bits per heavy atom. The lowest BCUT2D eigenvalue weighted by atomic mass is 9.89. The first kappa shape index (κ1) is 25.5. The van der Waals surface area contributed by atoms with Gasteiger partial charge in [0.05, 0.1) is 46.2 Å². The standard InChI is InChI=1S/C31H26ClF2N7/c32-26-14-19(12-24(21-6-9-29(34)36-16-21)28-18-41(40-39-28)23-7-8-23)13-25-30(22(15-35)17-37-31(25)26)38-27(10-11-33)20-4-2-1-3-5-20/h1-6,9,13-14,16-18,23-24,27H,7-8,10-12H2,(H,37,38)/t24-,27-/m1/s1/i24D. The maximum absolute atomic E-state index is 13.8. The van der Waals surface area contributed by atoms with Crippen molar-refractivity contribution in [2.75, 3.05) is 12.0 Å². The van der Waals surface area contributed by atoms with E-state index in [4.69, 9.17) is 11.6 Å². The van der Waals surface area contributed by atoms with Crippen molar-refractivity contribution in [3.8, 4) is 6.07 Å². The van der Waals surface area contributed by atoms with Crippen LogP contribution in [0, 0.1) is 17.3 Å². The Hall–Kier alpha value is -4.42. The monoisotopic (exact) mass is 570 g/mol. The van der Waals surface area contributed by atoms with Gasteiger partial charge in [-0.15, -0.1) is 5.10 Å². The molecular formula is C31H26ClF2N7. The molecule has 1 saturated carbocycles. The first-order valence-corrected chi connectivity index (χ1v) is 13.7. The molecule has 5 aromatic rings. The van der Waals surface area contributed by atoms with Gasteiger partial charge in [-0.2, -0.15) is 9.65 Å². The molecule has 3 aromatic heterocycles. The molecule has 0 bridgehead atoms. The average molecular weight is 571 g/mol. The third-order valence-corrected chi connectivity index (χ3v) is 7.51. The summed E-state index contributed by atoms with van der Waals surface area (Å²) in [5, 5.41) is 22.8. The summed E-state index contributed by atoms with van der Waals surface area (Å²) in [4.78, 5) is 8.23. The number of nitriles is 1. The summed E-state index contributed by atoms with van der Waals surface area (Å²) in [5.74, 6) is -2.12. The fourth-order valence-electron chi connectivity index (χ4n) is 4.98. The van der Waals surface area contributed by atoms with Crippen LogP contribution < -0.4 is 5.32 Å². The van der Waals surface area contributed by atoms with E-state index in [-0.39, 0.29) is 24.4 Å². The lowest BCUT2D eigenvalue weighted by molar-refractivity contribution is 0.451. The van der Waals surface area contributed by atoms with Gasteiger partial charge in [-0.25, -0.2) is 9.67 Å². The van der Waals surface area contributed by atoms with Gasteiger partial charge in [-0.3, -0.25) is 9.37 Å². The zero-order chi connectivity index (χ0) is 29.3. The summed E-state index contributed by atoms with van der Waals surface area (Å²) < 4.78 is 38.8. The highest BCUT2D eigenvalue weighted by Crippen LogP contribution is 2.38. The van der Waals surface area contributed by atoms with Crippen molar-refractivity contribution >= 4 is 28.2 Å². The molecule has 41 heavy (non-hydrogen) atoms. The number of halogens is 3. The highest BCUT2D eigenvalue weighted by molar-refractivity contribution is 6.35. The lowest BCUT2D eigenvalue weighted by Gasteiger charge is -2.22. The van der Waals surface area contributed by atoms with E-state index in [9.17, 15) is 15.4 Å². The van der Waals surface area contributed by atoms with Crippen molar-refractivity contribution < 1.29 is 10.2 Å². The van der Waals surface area contributed by atoms with Crippen molar-refractivity contribution in [1.29, 1.82) is 5.26 Å². The molecule has 206 valence electrons. The summed E-state index contributed by atoms with van der Waals surface area (Å²) in [6, 6.07) is 17.8. The minimum absolute atomic E-state index is 0.0994. The van der Waals surface area contributed by atoms with Crippen molar-refractivity contribution in [2.45, 2.75) is 43.7 Å². The number of alkyl halides is 1. The van der Waals surface area contributed by atoms with Gasteiger partial charge >= 0.3 is 0 Å². The van der Waals surface area contributed by atoms with Gasteiger partial charge < -0.3 is 5.32 Å². The summed E-state index contributed by atoms with van der Waals surface area (Å²) in [5.41, 5.74) is 3.60. The number of anilines is 1. The van der Waals surface area contributed by atoms with Crippen LogP contribution in [0.2, 0.25) is 5.02 Å². The van der Waals surface area contributed by atoms with Crippen LogP contribution in [0.25, 0.3) is 10.9 Å². The smallest absolute Gasteiger partial charge is 0.212 e. The van der Waals surface area contributed by atoms with E-state index < -0.39 is 24.6 Å². The number of nitrogens with zero attached hydrogens (tertiary/aromatic N) is 6. The van der Waals surface area contributed by atoms with Crippen LogP contribution >= 0.6 is 11.6 Å². The first-order chi connectivity index (χ1) is 20.4. The Kier molecular flexibility index (Phi) is 7.22. The summed E-state index contributed by atoms with van der Waals surface area (Å²) in [6.07, 6.45) is 6.84. The lowest BCUT2D eigenvalue weighted by Crippen LogP contribution is -2.13. The largest absolute Gasteiger partial charge is 0.376 e. The van der Waals surface area contributed by atoms with Crippen molar-refractivity contribution in [3.63, 3.8) is 0 Å². The fraction of sp³-hybridized carbons (Fsp3) is 0.258. The van der Waals surface area contributed by atoms with E-state index >= 15 is 0 Å². The highest BCUT2D eigenvalue weighted by atomic mass is 35.5. The topological polar surface area (TPSA) is 92.3 Å². The van der Waals surface area contributed by atoms with E-state index in [1.807, 2.05) is 36.4 Å². The molecule has 2 atom stereocenters. The molecule has 0 spiro atoms. The van der Waals surface area contributed by atoms with Gasteiger partial charge in [0.1, 0.15) is 6.07 Å². The zero-order valence-electron chi connectivity index (χ0n) is 22.9. The summed E-state index contributed by atoms with van der Waals surface area (Å²) >= 11 is 6.75. The molecule has 1 aliphatic rings. The first-order valence-electron chi connectivity index (χ1n) is 13.8. The Balaban J connectivity index is 1.46. The van der Waals surface area contributed by atoms with Crippen LogP contribution in [0.15, 0.2) is 73.2 Å². The van der Waals surface area contributed by atoms with Gasteiger partial charge in [0, 0.05) is 37.7 Å². The molecule has 0 unspecified atom stereocenters. The van der Waals surface area contributed by atoms with Gasteiger partial charge in [-0.05, 0) is 54.2 Å². The molecule has 1 fully saturated rings. The Morgan fingerprint density at radius 2 is 1.95 bits per heavy atom. The van der Waals surface area contributed by atoms with Crippen LogP contribution in [0.3, 0.4) is 0 Å². The molecule has 2 aromatic carbocycles. The third-order valence-electron chi connectivity index (χ3n) is 7.22. The van der Waals surface area contributed by atoms with Crippen LogP contribution in [-0.4, -0.2) is 31.6 Å². The van der Waals surface area contributed by atoms with Crippen LogP contribution in [0.5, 0.6) is 0 Å². The number of hydrogen-bond donors (Lipinski definition) is 1. The Labute approximate surface area is 242 Å². The molecule has 3 heterocycles. The van der Waals surface area contributed by atoms with Gasteiger partial charge in [-0.1, -0.05) is 53.2 Å². The molecule has 0 radical (unpaired) electrons. The maximum atomic E-state index is 13.8. The number of pyridine rings is 2. The molecule has 0 amide bonds. The van der Waals surface area contributed by atoms with Crippen molar-refractivity contribution in [1.82, 2.24) is 25.0 Å². The summed E-state index contributed by atoms with van der Waals surface area (Å²) in [6.45, 7) is -0.557. The number of benzene rings is 2. The van der Waals surface area contributed by atoms with Crippen LogP contribution in [0.1, 0.15) is 66.6 Å². The highest BCUT2D eigenvalue weighted by Gasteiger charge is 2.27. The predicted molar refractivity (Wildman–Crippen MR) is 153 cm³/mol. The van der Waals surface area contributed by atoms with Crippen molar-refractivity contribution in [2.24, 2.45) is 0 Å². The maximum Gasteiger partial charge on any atom is 0.212 e. The minimum atomic E-state index is -1.47. The molecule has 1 aliphatic carbocycles. The second kappa shape index (κ2) is 11.6. The Bertz CT molecular complexity index is 1770. The fourth-order valence-corrected chi connectivity index (χ4v) is 5.27. The molecular weight excluding hydrogens is 544 g/mol. The van der Waals surface area contributed by atoms with Gasteiger partial charge in [0.15, 0.2) is 0 Å². The van der Waals surface area contributed by atoms with Gasteiger partial charge in [0.2, 0.25) is 5.95 Å². The third kappa shape index (κ3) is 5.74. The average Bonchev–Trinajstić information content (AvgIpc) is 3.73. The predicted octanol–water partition coefficient (Wildman–Crippen LogP) is 7.11. The normalized spacial score (nSPS) is 15.6. The van der Waals surface area contributed by atoms with E-state index in [0.717, 1.165) is 18.4 Å². The molecule has 1 N–H and O–H groups in total. The molecule has 6 rings (SSSR count). The molecule has 0 saturated heterocycles. The van der Waals surface area contributed by atoms with E-state index in [1.165, 1.54) is 24.5 Å². The number of fused-ring (bicyclic) bond motifs is 1. The number of rotatable bonds is 10. The Morgan fingerprint density at radius 3 is 2.66 bits per heavy atom. The quantitative estimate of drug-likeness (QED) is 0.180. The van der Waals surface area contributed by atoms with E-state index in [1.54, 1.807) is 16.9 Å². The number of nitrogens with one attached hydrogen (secondary N) is 1. The summed E-state index contributed by atoms with van der Waals surface area (Å²) in [7, 11) is 0. The van der Waals surface area contributed by atoms with Crippen LogP contribution in [-0.2, 0) is 6.42 Å². The second-order valence-electron chi connectivity index (χ2n) is 10.1. The number of hydrogen-bond acceptors (Lipinski definition) is 6. The molecule has 0 aliphatic heterocycles. The number of aromatic nitrogens is 5. The second-order valence-corrected chi connectivity index (χ2v) is 10.5. The minimum Gasteiger partial charge on any atom is -0.376 e. The molecule has 7 nitrogen and oxygen atoms in total.